The molecule has 1 N–H and O–H groups in total. The number of hydrogen-bond donors (Lipinski definition) is 1. The van der Waals surface area contributed by atoms with E-state index in [-0.39, 0.29) is 0 Å². The molecule has 0 spiro atoms. The summed E-state index contributed by atoms with van der Waals surface area (Å²) in [6.07, 6.45) is 2.35. The Morgan fingerprint density at radius 3 is 3.12 bits per heavy atom. The van der Waals surface area contributed by atoms with Gasteiger partial charge in [0.15, 0.2) is 0 Å². The maximum absolute atomic E-state index is 9.02. The van der Waals surface area contributed by atoms with Crippen LogP contribution >= 0.6 is 15.9 Å². The molecule has 16 heavy (non-hydrogen) atoms. The standard InChI is InChI=1S/C12H13BrN2O/c13-11-4-1-5-12(10(11)7-14)16-8-9-3-2-6-15-9/h1,4-5,9,15H,2-3,6,8H2. The van der Waals surface area contributed by atoms with E-state index in [1.807, 2.05) is 18.2 Å². The molecule has 1 aromatic rings. The van der Waals surface area contributed by atoms with E-state index in [2.05, 4.69) is 27.3 Å². The molecule has 1 atom stereocenters. The van der Waals surface area contributed by atoms with E-state index in [9.17, 15) is 0 Å². The van der Waals surface area contributed by atoms with Crippen LogP contribution < -0.4 is 10.1 Å². The van der Waals surface area contributed by atoms with Gasteiger partial charge in [0.05, 0.1) is 0 Å². The van der Waals surface area contributed by atoms with Crippen molar-refractivity contribution in [2.45, 2.75) is 18.9 Å². The zero-order valence-corrected chi connectivity index (χ0v) is 10.5. The van der Waals surface area contributed by atoms with Gasteiger partial charge in [0.1, 0.15) is 24.0 Å². The SMILES string of the molecule is N#Cc1c(Br)cccc1OCC1CCCN1. The molecular formula is C12H13BrN2O. The van der Waals surface area contributed by atoms with Gasteiger partial charge >= 0.3 is 0 Å². The van der Waals surface area contributed by atoms with Gasteiger partial charge in [0.25, 0.3) is 0 Å². The maximum Gasteiger partial charge on any atom is 0.138 e. The van der Waals surface area contributed by atoms with Crippen LogP contribution in [0.4, 0.5) is 0 Å². The van der Waals surface area contributed by atoms with E-state index < -0.39 is 0 Å². The number of benzene rings is 1. The van der Waals surface area contributed by atoms with Gasteiger partial charge in [0, 0.05) is 10.5 Å². The fourth-order valence-corrected chi connectivity index (χ4v) is 2.26. The van der Waals surface area contributed by atoms with Gasteiger partial charge in [-0.2, -0.15) is 5.26 Å². The van der Waals surface area contributed by atoms with Crippen LogP contribution in [0.3, 0.4) is 0 Å². The molecule has 84 valence electrons. The van der Waals surface area contributed by atoms with Gasteiger partial charge in [-0.3, -0.25) is 0 Å². The molecular weight excluding hydrogens is 268 g/mol. The van der Waals surface area contributed by atoms with Gasteiger partial charge in [0.2, 0.25) is 0 Å². The number of ether oxygens (including phenoxy) is 1. The topological polar surface area (TPSA) is 45.0 Å². The lowest BCUT2D eigenvalue weighted by Gasteiger charge is -2.13. The third-order valence-corrected chi connectivity index (χ3v) is 3.35. The van der Waals surface area contributed by atoms with E-state index in [1.54, 1.807) is 0 Å². The van der Waals surface area contributed by atoms with E-state index in [4.69, 9.17) is 10.00 Å². The van der Waals surface area contributed by atoms with Crippen LogP contribution in [-0.2, 0) is 0 Å². The van der Waals surface area contributed by atoms with Gasteiger partial charge < -0.3 is 10.1 Å². The summed E-state index contributed by atoms with van der Waals surface area (Å²) in [4.78, 5) is 0. The second-order valence-electron chi connectivity index (χ2n) is 3.83. The lowest BCUT2D eigenvalue weighted by Crippen LogP contribution is -2.28. The first kappa shape index (κ1) is 11.4. The molecule has 0 aromatic heterocycles. The van der Waals surface area contributed by atoms with Crippen molar-refractivity contribution >= 4 is 15.9 Å². The molecule has 0 amide bonds. The predicted octanol–water partition coefficient (Wildman–Crippen LogP) is 2.45. The Morgan fingerprint density at radius 2 is 2.44 bits per heavy atom. The number of rotatable bonds is 3. The monoisotopic (exact) mass is 280 g/mol. The number of halogens is 1. The second-order valence-corrected chi connectivity index (χ2v) is 4.68. The van der Waals surface area contributed by atoms with Crippen LogP contribution in [0.15, 0.2) is 22.7 Å². The Kier molecular flexibility index (Phi) is 3.81. The molecule has 0 bridgehead atoms. The van der Waals surface area contributed by atoms with Crippen LogP contribution in [0, 0.1) is 11.3 Å². The number of nitrogens with one attached hydrogen (secondary N) is 1. The molecule has 1 saturated heterocycles. The van der Waals surface area contributed by atoms with Crippen molar-refractivity contribution in [3.05, 3.63) is 28.2 Å². The van der Waals surface area contributed by atoms with Crippen molar-refractivity contribution in [3.8, 4) is 11.8 Å². The fraction of sp³-hybridized carbons (Fsp3) is 0.417. The Bertz CT molecular complexity index is 408. The van der Waals surface area contributed by atoms with Crippen molar-refractivity contribution in [1.29, 1.82) is 5.26 Å². The third kappa shape index (κ3) is 2.55. The summed E-state index contributed by atoms with van der Waals surface area (Å²) in [6.45, 7) is 1.70. The Morgan fingerprint density at radius 1 is 1.56 bits per heavy atom. The van der Waals surface area contributed by atoms with Crippen molar-refractivity contribution in [3.63, 3.8) is 0 Å². The first-order valence-corrected chi connectivity index (χ1v) is 6.15. The minimum Gasteiger partial charge on any atom is -0.491 e. The van der Waals surface area contributed by atoms with E-state index in [0.717, 1.165) is 17.4 Å². The summed E-state index contributed by atoms with van der Waals surface area (Å²) < 4.78 is 6.46. The normalized spacial score (nSPS) is 19.4. The number of nitrogens with zero attached hydrogens (tertiary/aromatic N) is 1. The average Bonchev–Trinajstić information content (AvgIpc) is 2.79. The molecule has 0 saturated carbocycles. The van der Waals surface area contributed by atoms with Gasteiger partial charge in [-0.1, -0.05) is 6.07 Å². The van der Waals surface area contributed by atoms with Crippen molar-refractivity contribution in [1.82, 2.24) is 5.32 Å². The lowest BCUT2D eigenvalue weighted by molar-refractivity contribution is 0.276. The molecule has 3 nitrogen and oxygen atoms in total. The van der Waals surface area contributed by atoms with Gasteiger partial charge in [-0.15, -0.1) is 0 Å². The quantitative estimate of drug-likeness (QED) is 0.925. The van der Waals surface area contributed by atoms with Crippen LogP contribution in [0.5, 0.6) is 5.75 Å². The molecule has 1 aliphatic rings. The lowest BCUT2D eigenvalue weighted by atomic mass is 10.2. The smallest absolute Gasteiger partial charge is 0.138 e. The Balaban J connectivity index is 2.03. The van der Waals surface area contributed by atoms with E-state index in [0.29, 0.717) is 24.0 Å². The molecule has 0 radical (unpaired) electrons. The molecule has 1 unspecified atom stereocenters. The van der Waals surface area contributed by atoms with Crippen LogP contribution in [0.1, 0.15) is 18.4 Å². The number of nitriles is 1. The molecule has 1 aromatic carbocycles. The molecule has 1 fully saturated rings. The summed E-state index contributed by atoms with van der Waals surface area (Å²) in [7, 11) is 0. The van der Waals surface area contributed by atoms with Gasteiger partial charge in [-0.05, 0) is 47.4 Å². The maximum atomic E-state index is 9.02. The third-order valence-electron chi connectivity index (χ3n) is 2.69. The highest BCUT2D eigenvalue weighted by molar-refractivity contribution is 9.10. The highest BCUT2D eigenvalue weighted by Gasteiger charge is 2.15. The Labute approximate surface area is 104 Å². The summed E-state index contributed by atoms with van der Waals surface area (Å²) in [5, 5.41) is 12.4. The van der Waals surface area contributed by atoms with Crippen molar-refractivity contribution in [2.24, 2.45) is 0 Å². The molecule has 2 rings (SSSR count). The highest BCUT2D eigenvalue weighted by atomic mass is 79.9. The summed E-state index contributed by atoms with van der Waals surface area (Å²) in [5.74, 6) is 0.658. The second kappa shape index (κ2) is 5.33. The largest absolute Gasteiger partial charge is 0.491 e. The summed E-state index contributed by atoms with van der Waals surface area (Å²) >= 11 is 3.34. The van der Waals surface area contributed by atoms with Gasteiger partial charge in [-0.25, -0.2) is 0 Å². The first-order valence-electron chi connectivity index (χ1n) is 5.36. The fourth-order valence-electron chi connectivity index (χ4n) is 1.82. The number of hydrogen-bond acceptors (Lipinski definition) is 3. The molecule has 1 heterocycles. The first-order chi connectivity index (χ1) is 7.81. The van der Waals surface area contributed by atoms with Crippen molar-refractivity contribution in [2.75, 3.05) is 13.2 Å². The summed E-state index contributed by atoms with van der Waals surface area (Å²) in [5.41, 5.74) is 0.570. The molecule has 1 aliphatic heterocycles. The Hall–Kier alpha value is -1.05. The highest BCUT2D eigenvalue weighted by Crippen LogP contribution is 2.26. The van der Waals surface area contributed by atoms with Crippen LogP contribution in [-0.4, -0.2) is 19.2 Å². The average molecular weight is 281 g/mol. The zero-order chi connectivity index (χ0) is 11.4. The predicted molar refractivity (Wildman–Crippen MR) is 65.4 cm³/mol. The zero-order valence-electron chi connectivity index (χ0n) is 8.87. The molecule has 4 heteroatoms. The summed E-state index contributed by atoms with van der Waals surface area (Å²) in [6, 6.07) is 8.12. The minimum absolute atomic E-state index is 0.422. The van der Waals surface area contributed by atoms with E-state index in [1.165, 1.54) is 6.42 Å². The molecule has 0 aliphatic carbocycles. The minimum atomic E-state index is 0.422. The van der Waals surface area contributed by atoms with Crippen LogP contribution in [0.25, 0.3) is 0 Å². The van der Waals surface area contributed by atoms with Crippen LogP contribution in [0.2, 0.25) is 0 Å². The van der Waals surface area contributed by atoms with E-state index >= 15 is 0 Å². The van der Waals surface area contributed by atoms with Crippen molar-refractivity contribution < 1.29 is 4.74 Å².